The van der Waals surface area contributed by atoms with Crippen LogP contribution in [0.15, 0.2) is 12.1 Å². The molecular weight excluding hydrogens is 242 g/mol. The number of fused-ring (bicyclic) bond motifs is 1. The molecule has 1 heterocycles. The molecule has 0 spiro atoms. The standard InChI is InChI=1S/C14H21N3O2/c1-8(2)13(7-18)16-12-5-9-3-4-14(19)17-11(9)6-10(12)15/h5-6,8,13,16,18H,3-4,7,15H2,1-2H3,(H,17,19). The van der Waals surface area contributed by atoms with Crippen LogP contribution in [-0.2, 0) is 11.2 Å². The van der Waals surface area contributed by atoms with Gasteiger partial charge >= 0.3 is 0 Å². The Labute approximate surface area is 113 Å². The summed E-state index contributed by atoms with van der Waals surface area (Å²) in [5.41, 5.74) is 9.28. The van der Waals surface area contributed by atoms with Crippen LogP contribution in [0, 0.1) is 5.92 Å². The zero-order chi connectivity index (χ0) is 14.0. The van der Waals surface area contributed by atoms with Gasteiger partial charge in [-0.15, -0.1) is 0 Å². The molecule has 5 N–H and O–H groups in total. The van der Waals surface area contributed by atoms with Gasteiger partial charge in [0.2, 0.25) is 5.91 Å². The molecule has 0 saturated carbocycles. The summed E-state index contributed by atoms with van der Waals surface area (Å²) < 4.78 is 0. The second kappa shape index (κ2) is 5.48. The number of anilines is 3. The van der Waals surface area contributed by atoms with E-state index in [-0.39, 0.29) is 18.6 Å². The zero-order valence-electron chi connectivity index (χ0n) is 11.4. The van der Waals surface area contributed by atoms with Crippen molar-refractivity contribution in [3.8, 4) is 0 Å². The maximum absolute atomic E-state index is 11.3. The average Bonchev–Trinajstić information content (AvgIpc) is 2.35. The fourth-order valence-corrected chi connectivity index (χ4v) is 2.19. The van der Waals surface area contributed by atoms with E-state index >= 15 is 0 Å². The number of aryl methyl sites for hydroxylation is 1. The van der Waals surface area contributed by atoms with Crippen molar-refractivity contribution < 1.29 is 9.90 Å². The monoisotopic (exact) mass is 263 g/mol. The lowest BCUT2D eigenvalue weighted by Gasteiger charge is -2.24. The molecule has 1 atom stereocenters. The molecule has 0 radical (unpaired) electrons. The lowest BCUT2D eigenvalue weighted by atomic mass is 10.00. The number of carbonyl (C=O) groups excluding carboxylic acids is 1. The Morgan fingerprint density at radius 3 is 2.79 bits per heavy atom. The van der Waals surface area contributed by atoms with Crippen LogP contribution in [0.2, 0.25) is 0 Å². The molecule has 1 unspecified atom stereocenters. The first-order valence-corrected chi connectivity index (χ1v) is 6.61. The van der Waals surface area contributed by atoms with Crippen LogP contribution in [0.5, 0.6) is 0 Å². The molecule has 1 aromatic rings. The van der Waals surface area contributed by atoms with E-state index in [9.17, 15) is 9.90 Å². The molecule has 0 aromatic heterocycles. The Morgan fingerprint density at radius 2 is 2.16 bits per heavy atom. The van der Waals surface area contributed by atoms with Crippen LogP contribution >= 0.6 is 0 Å². The van der Waals surface area contributed by atoms with E-state index in [1.807, 2.05) is 19.9 Å². The van der Waals surface area contributed by atoms with Crippen LogP contribution in [0.3, 0.4) is 0 Å². The Hall–Kier alpha value is -1.75. The van der Waals surface area contributed by atoms with E-state index in [4.69, 9.17) is 5.73 Å². The van der Waals surface area contributed by atoms with Crippen LogP contribution in [0.25, 0.3) is 0 Å². The number of hydrogen-bond acceptors (Lipinski definition) is 4. The summed E-state index contributed by atoms with van der Waals surface area (Å²) in [7, 11) is 0. The van der Waals surface area contributed by atoms with Crippen molar-refractivity contribution in [1.29, 1.82) is 0 Å². The van der Waals surface area contributed by atoms with Crippen LogP contribution < -0.4 is 16.4 Å². The van der Waals surface area contributed by atoms with Gasteiger partial charge in [-0.1, -0.05) is 13.8 Å². The Balaban J connectivity index is 2.25. The number of aliphatic hydroxyl groups is 1. The highest BCUT2D eigenvalue weighted by atomic mass is 16.3. The maximum atomic E-state index is 11.3. The quantitative estimate of drug-likeness (QED) is 0.621. The fourth-order valence-electron chi connectivity index (χ4n) is 2.19. The second-order valence-corrected chi connectivity index (χ2v) is 5.32. The first-order valence-electron chi connectivity index (χ1n) is 6.61. The predicted octanol–water partition coefficient (Wildman–Crippen LogP) is 1.58. The summed E-state index contributed by atoms with van der Waals surface area (Å²) >= 11 is 0. The van der Waals surface area contributed by atoms with Gasteiger partial charge in [-0.05, 0) is 30.0 Å². The molecule has 104 valence electrons. The summed E-state index contributed by atoms with van der Waals surface area (Å²) in [4.78, 5) is 11.3. The largest absolute Gasteiger partial charge is 0.397 e. The van der Waals surface area contributed by atoms with Crippen molar-refractivity contribution in [1.82, 2.24) is 0 Å². The third-order valence-electron chi connectivity index (χ3n) is 3.51. The van der Waals surface area contributed by atoms with Crippen LogP contribution in [0.4, 0.5) is 17.1 Å². The van der Waals surface area contributed by atoms with Crippen molar-refractivity contribution in [3.63, 3.8) is 0 Å². The van der Waals surface area contributed by atoms with Crippen molar-refractivity contribution in [3.05, 3.63) is 17.7 Å². The molecule has 1 aromatic carbocycles. The smallest absolute Gasteiger partial charge is 0.224 e. The van der Waals surface area contributed by atoms with Gasteiger partial charge < -0.3 is 21.5 Å². The molecule has 5 nitrogen and oxygen atoms in total. The molecule has 1 aliphatic rings. The highest BCUT2D eigenvalue weighted by molar-refractivity contribution is 5.95. The Morgan fingerprint density at radius 1 is 1.42 bits per heavy atom. The van der Waals surface area contributed by atoms with Gasteiger partial charge in [0.25, 0.3) is 0 Å². The lowest BCUT2D eigenvalue weighted by Crippen LogP contribution is -2.30. The second-order valence-electron chi connectivity index (χ2n) is 5.32. The topological polar surface area (TPSA) is 87.4 Å². The highest BCUT2D eigenvalue weighted by Gasteiger charge is 2.18. The minimum absolute atomic E-state index is 0.0291. The molecule has 0 aliphatic carbocycles. The molecule has 2 rings (SSSR count). The number of benzene rings is 1. The molecule has 0 bridgehead atoms. The van der Waals surface area contributed by atoms with Crippen molar-refractivity contribution in [2.24, 2.45) is 5.92 Å². The van der Waals surface area contributed by atoms with Gasteiger partial charge in [0.05, 0.1) is 24.0 Å². The van der Waals surface area contributed by atoms with Crippen molar-refractivity contribution in [2.75, 3.05) is 23.0 Å². The van der Waals surface area contributed by atoms with Gasteiger partial charge in [0.1, 0.15) is 0 Å². The number of rotatable bonds is 4. The van der Waals surface area contributed by atoms with Gasteiger partial charge in [-0.2, -0.15) is 0 Å². The Bertz CT molecular complexity index is 486. The first-order chi connectivity index (χ1) is 9.01. The van der Waals surface area contributed by atoms with E-state index < -0.39 is 0 Å². The summed E-state index contributed by atoms with van der Waals surface area (Å²) in [5.74, 6) is 0.336. The Kier molecular flexibility index (Phi) is 3.95. The summed E-state index contributed by atoms with van der Waals surface area (Å²) in [6, 6.07) is 3.72. The van der Waals surface area contributed by atoms with Gasteiger partial charge in [0, 0.05) is 12.1 Å². The first kappa shape index (κ1) is 13.7. The average molecular weight is 263 g/mol. The summed E-state index contributed by atoms with van der Waals surface area (Å²) in [6.07, 6.45) is 1.23. The molecule has 0 fully saturated rings. The number of carbonyl (C=O) groups is 1. The minimum Gasteiger partial charge on any atom is -0.397 e. The third-order valence-corrected chi connectivity index (χ3v) is 3.51. The SMILES string of the molecule is CC(C)C(CO)Nc1cc2c(cc1N)NC(=O)CC2. The van der Waals surface area contributed by atoms with E-state index in [0.29, 0.717) is 18.0 Å². The van der Waals surface area contributed by atoms with Crippen molar-refractivity contribution >= 4 is 23.0 Å². The molecule has 19 heavy (non-hydrogen) atoms. The van der Waals surface area contributed by atoms with E-state index in [0.717, 1.165) is 23.4 Å². The molecule has 1 amide bonds. The van der Waals surface area contributed by atoms with Crippen LogP contribution in [0.1, 0.15) is 25.8 Å². The van der Waals surface area contributed by atoms with E-state index in [1.165, 1.54) is 0 Å². The molecule has 1 aliphatic heterocycles. The molecule has 5 heteroatoms. The summed E-state index contributed by atoms with van der Waals surface area (Å²) in [6.45, 7) is 4.15. The number of aliphatic hydroxyl groups excluding tert-OH is 1. The number of nitrogens with two attached hydrogens (primary N) is 1. The number of amides is 1. The molecular formula is C14H21N3O2. The van der Waals surface area contributed by atoms with E-state index in [1.54, 1.807) is 6.07 Å². The van der Waals surface area contributed by atoms with Gasteiger partial charge in [0.15, 0.2) is 0 Å². The van der Waals surface area contributed by atoms with Crippen molar-refractivity contribution in [2.45, 2.75) is 32.7 Å². The van der Waals surface area contributed by atoms with Gasteiger partial charge in [-0.3, -0.25) is 4.79 Å². The lowest BCUT2D eigenvalue weighted by molar-refractivity contribution is -0.116. The number of nitrogens with one attached hydrogen (secondary N) is 2. The predicted molar refractivity (Wildman–Crippen MR) is 77.1 cm³/mol. The van der Waals surface area contributed by atoms with E-state index in [2.05, 4.69) is 10.6 Å². The third kappa shape index (κ3) is 2.98. The number of hydrogen-bond donors (Lipinski definition) is 4. The number of nitrogen functional groups attached to an aromatic ring is 1. The normalized spacial score (nSPS) is 15.9. The maximum Gasteiger partial charge on any atom is 0.224 e. The molecule has 0 saturated heterocycles. The van der Waals surface area contributed by atoms with Gasteiger partial charge in [-0.25, -0.2) is 0 Å². The zero-order valence-corrected chi connectivity index (χ0v) is 11.4. The fraction of sp³-hybridized carbons (Fsp3) is 0.500. The minimum atomic E-state index is -0.0291. The van der Waals surface area contributed by atoms with Crippen LogP contribution in [-0.4, -0.2) is 23.7 Å². The summed E-state index contributed by atoms with van der Waals surface area (Å²) in [5, 5.41) is 15.5. The highest BCUT2D eigenvalue weighted by Crippen LogP contribution is 2.31.